The second-order valence-electron chi connectivity index (χ2n) is 3.69. The highest BCUT2D eigenvalue weighted by molar-refractivity contribution is 5.95. The van der Waals surface area contributed by atoms with Crippen molar-refractivity contribution in [2.45, 2.75) is 38.4 Å². The fourth-order valence-electron chi connectivity index (χ4n) is 1.40. The summed E-state index contributed by atoms with van der Waals surface area (Å²) in [6.45, 7) is 1.95. The largest absolute Gasteiger partial charge is 0.367 e. The molecule has 0 radical (unpaired) electrons. The van der Waals surface area contributed by atoms with Gasteiger partial charge in [-0.1, -0.05) is 24.3 Å². The number of carbonyl (C=O) groups is 2. The molecule has 0 aromatic heterocycles. The highest BCUT2D eigenvalue weighted by atomic mass is 16.6. The van der Waals surface area contributed by atoms with Crippen molar-refractivity contribution in [3.8, 4) is 0 Å². The van der Waals surface area contributed by atoms with Gasteiger partial charge in [0.15, 0.2) is 18.0 Å². The summed E-state index contributed by atoms with van der Waals surface area (Å²) in [6, 6.07) is 0. The molecule has 0 aromatic carbocycles. The number of allylic oxidation sites excluding steroid dienone is 4. The average molecular weight is 223 g/mol. The Morgan fingerprint density at radius 3 is 2.62 bits per heavy atom. The molecule has 1 amide bonds. The highest BCUT2D eigenvalue weighted by Crippen LogP contribution is 2.24. The Balaban J connectivity index is 2.10. The van der Waals surface area contributed by atoms with E-state index in [1.54, 1.807) is 0 Å². The molecule has 2 atom stereocenters. The molecule has 0 aromatic rings. The zero-order chi connectivity index (χ0) is 12.0. The van der Waals surface area contributed by atoms with Crippen molar-refractivity contribution in [2.24, 2.45) is 5.73 Å². The minimum atomic E-state index is -0.675. The Hall–Kier alpha value is -1.42. The number of unbranched alkanes of at least 4 members (excludes halogenated alkanes) is 1. The normalized spacial score (nSPS) is 24.1. The fraction of sp³-hybridized carbons (Fsp3) is 0.500. The summed E-state index contributed by atoms with van der Waals surface area (Å²) in [6.07, 6.45) is 8.66. The fourth-order valence-corrected chi connectivity index (χ4v) is 1.40. The van der Waals surface area contributed by atoms with Gasteiger partial charge in [-0.3, -0.25) is 9.59 Å². The Morgan fingerprint density at radius 1 is 1.31 bits per heavy atom. The number of hydrogen-bond acceptors (Lipinski definition) is 3. The molecule has 0 spiro atoms. The second kappa shape index (κ2) is 6.23. The lowest BCUT2D eigenvalue weighted by Crippen LogP contribution is -2.22. The first kappa shape index (κ1) is 12.6. The Kier molecular flexibility index (Phi) is 4.92. The number of primary amides is 1. The number of carbonyl (C=O) groups excluding carboxylic acids is 2. The van der Waals surface area contributed by atoms with Crippen LogP contribution < -0.4 is 5.73 Å². The van der Waals surface area contributed by atoms with Crippen molar-refractivity contribution >= 4 is 11.7 Å². The number of epoxide rings is 1. The van der Waals surface area contributed by atoms with Gasteiger partial charge in [-0.15, -0.1) is 0 Å². The smallest absolute Gasteiger partial charge is 0.249 e. The summed E-state index contributed by atoms with van der Waals surface area (Å²) < 4.78 is 4.88. The number of nitrogens with two attached hydrogens (primary N) is 1. The van der Waals surface area contributed by atoms with E-state index in [1.165, 1.54) is 0 Å². The van der Waals surface area contributed by atoms with Gasteiger partial charge in [0, 0.05) is 6.42 Å². The third kappa shape index (κ3) is 3.98. The number of Topliss-reactive ketones (excluding diaryl/α,β-unsaturated/α-hetero) is 1. The number of amides is 1. The average Bonchev–Trinajstić information content (AvgIpc) is 3.02. The van der Waals surface area contributed by atoms with E-state index in [0.717, 1.165) is 12.8 Å². The van der Waals surface area contributed by atoms with Crippen LogP contribution in [0.15, 0.2) is 24.3 Å². The van der Waals surface area contributed by atoms with Gasteiger partial charge in [-0.2, -0.15) is 0 Å². The first-order valence-electron chi connectivity index (χ1n) is 5.42. The quantitative estimate of drug-likeness (QED) is 0.399. The molecule has 1 rings (SSSR count). The lowest BCUT2D eigenvalue weighted by atomic mass is 10.1. The molecule has 1 saturated heterocycles. The van der Waals surface area contributed by atoms with E-state index >= 15 is 0 Å². The molecule has 1 fully saturated rings. The molecule has 0 bridgehead atoms. The van der Waals surface area contributed by atoms with Gasteiger partial charge >= 0.3 is 0 Å². The van der Waals surface area contributed by atoms with E-state index in [9.17, 15) is 9.59 Å². The molecule has 2 unspecified atom stereocenters. The SMILES string of the molecule is C/C=C/C=C/CCCC(=O)C1OC1C(N)=O. The minimum absolute atomic E-state index is 0.0248. The van der Waals surface area contributed by atoms with Crippen LogP contribution in [-0.4, -0.2) is 23.9 Å². The maximum absolute atomic E-state index is 11.4. The Bertz CT molecular complexity index is 320. The lowest BCUT2D eigenvalue weighted by Gasteiger charge is -1.93. The second-order valence-corrected chi connectivity index (χ2v) is 3.69. The van der Waals surface area contributed by atoms with Crippen molar-refractivity contribution in [1.29, 1.82) is 0 Å². The minimum Gasteiger partial charge on any atom is -0.367 e. The van der Waals surface area contributed by atoms with E-state index < -0.39 is 18.1 Å². The van der Waals surface area contributed by atoms with Crippen LogP contribution in [0.25, 0.3) is 0 Å². The van der Waals surface area contributed by atoms with Gasteiger partial charge in [-0.05, 0) is 19.8 Å². The molecule has 0 saturated carbocycles. The van der Waals surface area contributed by atoms with Crippen LogP contribution in [0.4, 0.5) is 0 Å². The van der Waals surface area contributed by atoms with Crippen LogP contribution in [0, 0.1) is 0 Å². The first-order valence-corrected chi connectivity index (χ1v) is 5.42. The van der Waals surface area contributed by atoms with Crippen molar-refractivity contribution in [3.63, 3.8) is 0 Å². The van der Waals surface area contributed by atoms with Crippen LogP contribution in [0.2, 0.25) is 0 Å². The number of rotatable bonds is 7. The van der Waals surface area contributed by atoms with Gasteiger partial charge in [0.05, 0.1) is 0 Å². The maximum atomic E-state index is 11.4. The Labute approximate surface area is 95.1 Å². The standard InChI is InChI=1S/C12H17NO3/c1-2-3-4-5-6-7-8-9(14)10-11(16-10)12(13)15/h2-5,10-11H,6-8H2,1H3,(H2,13,15)/b3-2+,5-4+. The van der Waals surface area contributed by atoms with Gasteiger partial charge in [-0.25, -0.2) is 0 Å². The van der Waals surface area contributed by atoms with E-state index in [-0.39, 0.29) is 5.78 Å². The maximum Gasteiger partial charge on any atom is 0.249 e. The van der Waals surface area contributed by atoms with Gasteiger partial charge in [0.1, 0.15) is 0 Å². The molecule has 1 aliphatic rings. The summed E-state index contributed by atoms with van der Waals surface area (Å²) >= 11 is 0. The van der Waals surface area contributed by atoms with Gasteiger partial charge in [0.2, 0.25) is 5.91 Å². The first-order chi connectivity index (χ1) is 7.66. The molecule has 4 nitrogen and oxygen atoms in total. The number of ether oxygens (including phenoxy) is 1. The van der Waals surface area contributed by atoms with Crippen molar-refractivity contribution in [1.82, 2.24) is 0 Å². The topological polar surface area (TPSA) is 72.7 Å². The number of hydrogen-bond donors (Lipinski definition) is 1. The predicted molar refractivity (Wildman–Crippen MR) is 60.7 cm³/mol. The molecule has 1 aliphatic heterocycles. The summed E-state index contributed by atoms with van der Waals surface area (Å²) in [5, 5.41) is 0. The summed E-state index contributed by atoms with van der Waals surface area (Å²) in [4.78, 5) is 22.1. The molecule has 4 heteroatoms. The molecular weight excluding hydrogens is 206 g/mol. The summed E-state index contributed by atoms with van der Waals surface area (Å²) in [5.74, 6) is -0.574. The van der Waals surface area contributed by atoms with Crippen LogP contribution in [0.1, 0.15) is 26.2 Å². The van der Waals surface area contributed by atoms with Crippen molar-refractivity contribution in [2.75, 3.05) is 0 Å². The van der Waals surface area contributed by atoms with E-state index in [2.05, 4.69) is 0 Å². The van der Waals surface area contributed by atoms with E-state index in [4.69, 9.17) is 10.5 Å². The van der Waals surface area contributed by atoms with Crippen LogP contribution >= 0.6 is 0 Å². The van der Waals surface area contributed by atoms with Crippen LogP contribution in [0.3, 0.4) is 0 Å². The third-order valence-corrected chi connectivity index (χ3v) is 2.32. The molecule has 0 aliphatic carbocycles. The van der Waals surface area contributed by atoms with Crippen molar-refractivity contribution in [3.05, 3.63) is 24.3 Å². The van der Waals surface area contributed by atoms with E-state index in [1.807, 2.05) is 31.2 Å². The summed E-state index contributed by atoms with van der Waals surface area (Å²) in [7, 11) is 0. The zero-order valence-corrected chi connectivity index (χ0v) is 9.39. The third-order valence-electron chi connectivity index (χ3n) is 2.32. The molecule has 2 N–H and O–H groups in total. The monoisotopic (exact) mass is 223 g/mol. The van der Waals surface area contributed by atoms with Gasteiger partial charge < -0.3 is 10.5 Å². The zero-order valence-electron chi connectivity index (χ0n) is 9.39. The van der Waals surface area contributed by atoms with Gasteiger partial charge in [0.25, 0.3) is 0 Å². The molecule has 16 heavy (non-hydrogen) atoms. The molecular formula is C12H17NO3. The van der Waals surface area contributed by atoms with E-state index in [0.29, 0.717) is 6.42 Å². The number of ketones is 1. The molecule has 88 valence electrons. The lowest BCUT2D eigenvalue weighted by molar-refractivity contribution is -0.121. The van der Waals surface area contributed by atoms with Crippen molar-refractivity contribution < 1.29 is 14.3 Å². The van der Waals surface area contributed by atoms with Crippen LogP contribution in [-0.2, 0) is 14.3 Å². The molecule has 1 heterocycles. The summed E-state index contributed by atoms with van der Waals surface area (Å²) in [5.41, 5.74) is 5.00. The Morgan fingerprint density at radius 2 is 2.06 bits per heavy atom. The highest BCUT2D eigenvalue weighted by Gasteiger charge is 2.48. The van der Waals surface area contributed by atoms with Crippen LogP contribution in [0.5, 0.6) is 0 Å². The predicted octanol–water partition coefficient (Wildman–Crippen LogP) is 1.11.